The number of hydrogen-bond acceptors (Lipinski definition) is 4. The molecule has 0 unspecified atom stereocenters. The lowest BCUT2D eigenvalue weighted by molar-refractivity contribution is -0.125. The van der Waals surface area contributed by atoms with Crippen LogP contribution in [0.25, 0.3) is 10.6 Å². The number of hydrogen-bond donors (Lipinski definition) is 1. The first kappa shape index (κ1) is 14.7. The summed E-state index contributed by atoms with van der Waals surface area (Å²) < 4.78 is 5.44. The summed E-state index contributed by atoms with van der Waals surface area (Å²) in [4.78, 5) is 16.1. The Kier molecular flexibility index (Phi) is 4.52. The van der Waals surface area contributed by atoms with Crippen LogP contribution in [0.3, 0.4) is 0 Å². The first-order valence-electron chi connectivity index (χ1n) is 6.38. The molecule has 0 spiro atoms. The van der Waals surface area contributed by atoms with Crippen molar-refractivity contribution in [2.45, 2.75) is 26.4 Å². The van der Waals surface area contributed by atoms with E-state index in [0.29, 0.717) is 0 Å². The van der Waals surface area contributed by atoms with Crippen molar-refractivity contribution >= 4 is 22.9 Å². The standard InChI is InChI=1S/C15H18N2O2S/c1-15(2,3)19-10-13(18)17-12-6-4-5-11(9-12)14-16-7-8-20-14/h4-9H,10H2,1-3H3,(H,17,18). The Balaban J connectivity index is 2.00. The molecule has 2 rings (SSSR count). The Labute approximate surface area is 122 Å². The lowest BCUT2D eigenvalue weighted by Crippen LogP contribution is -2.27. The van der Waals surface area contributed by atoms with E-state index in [-0.39, 0.29) is 18.1 Å². The molecular weight excluding hydrogens is 272 g/mol. The molecule has 0 aliphatic heterocycles. The summed E-state index contributed by atoms with van der Waals surface area (Å²) in [5.74, 6) is -0.156. The van der Waals surface area contributed by atoms with Gasteiger partial charge in [-0.2, -0.15) is 0 Å². The van der Waals surface area contributed by atoms with E-state index in [4.69, 9.17) is 4.74 Å². The minimum Gasteiger partial charge on any atom is -0.366 e. The van der Waals surface area contributed by atoms with Crippen LogP contribution in [0.4, 0.5) is 5.69 Å². The van der Waals surface area contributed by atoms with Crippen LogP contribution in [-0.4, -0.2) is 23.1 Å². The van der Waals surface area contributed by atoms with Crippen LogP contribution in [0.1, 0.15) is 20.8 Å². The molecule has 1 N–H and O–H groups in total. The molecule has 0 saturated heterocycles. The molecule has 20 heavy (non-hydrogen) atoms. The molecule has 1 aromatic carbocycles. The Bertz CT molecular complexity index is 574. The molecule has 1 amide bonds. The summed E-state index contributed by atoms with van der Waals surface area (Å²) in [5, 5.41) is 5.70. The zero-order valence-corrected chi connectivity index (χ0v) is 12.7. The fourth-order valence-electron chi connectivity index (χ4n) is 1.58. The van der Waals surface area contributed by atoms with E-state index in [0.717, 1.165) is 16.3 Å². The summed E-state index contributed by atoms with van der Waals surface area (Å²) >= 11 is 1.57. The van der Waals surface area contributed by atoms with Gasteiger partial charge in [0, 0.05) is 22.8 Å². The number of nitrogens with one attached hydrogen (secondary N) is 1. The lowest BCUT2D eigenvalue weighted by Gasteiger charge is -2.19. The molecule has 0 saturated carbocycles. The van der Waals surface area contributed by atoms with E-state index in [1.165, 1.54) is 0 Å². The van der Waals surface area contributed by atoms with E-state index in [9.17, 15) is 4.79 Å². The van der Waals surface area contributed by atoms with Crippen molar-refractivity contribution < 1.29 is 9.53 Å². The first-order chi connectivity index (χ1) is 9.44. The second-order valence-corrected chi connectivity index (χ2v) is 6.26. The van der Waals surface area contributed by atoms with Gasteiger partial charge >= 0.3 is 0 Å². The van der Waals surface area contributed by atoms with Crippen molar-refractivity contribution in [3.8, 4) is 10.6 Å². The van der Waals surface area contributed by atoms with Gasteiger partial charge in [-0.05, 0) is 32.9 Å². The monoisotopic (exact) mass is 290 g/mol. The van der Waals surface area contributed by atoms with Crippen LogP contribution in [0.2, 0.25) is 0 Å². The van der Waals surface area contributed by atoms with Gasteiger partial charge in [-0.15, -0.1) is 11.3 Å². The van der Waals surface area contributed by atoms with Gasteiger partial charge in [0.2, 0.25) is 5.91 Å². The number of carbonyl (C=O) groups excluding carboxylic acids is 1. The number of amides is 1. The van der Waals surface area contributed by atoms with Crippen LogP contribution in [0.15, 0.2) is 35.8 Å². The number of aromatic nitrogens is 1. The molecule has 4 nitrogen and oxygen atoms in total. The van der Waals surface area contributed by atoms with Crippen molar-refractivity contribution in [1.29, 1.82) is 0 Å². The number of anilines is 1. The number of rotatable bonds is 4. The highest BCUT2D eigenvalue weighted by atomic mass is 32.1. The minimum atomic E-state index is -0.319. The summed E-state index contributed by atoms with van der Waals surface area (Å²) in [6.07, 6.45) is 1.77. The second kappa shape index (κ2) is 6.15. The molecule has 0 aliphatic rings. The molecule has 0 radical (unpaired) electrons. The maximum atomic E-state index is 11.8. The normalized spacial score (nSPS) is 11.3. The van der Waals surface area contributed by atoms with Crippen LogP contribution >= 0.6 is 11.3 Å². The molecular formula is C15H18N2O2S. The molecule has 0 bridgehead atoms. The highest BCUT2D eigenvalue weighted by molar-refractivity contribution is 7.13. The summed E-state index contributed by atoms with van der Waals surface area (Å²) in [5.41, 5.74) is 1.43. The Morgan fingerprint density at radius 2 is 2.20 bits per heavy atom. The number of thiazole rings is 1. The molecule has 0 fully saturated rings. The summed E-state index contributed by atoms with van der Waals surface area (Å²) in [6, 6.07) is 7.64. The van der Waals surface area contributed by atoms with Crippen LogP contribution in [0, 0.1) is 0 Å². The number of ether oxygens (including phenoxy) is 1. The average molecular weight is 290 g/mol. The number of carbonyl (C=O) groups is 1. The molecule has 106 valence electrons. The Morgan fingerprint density at radius 1 is 1.40 bits per heavy atom. The Hall–Kier alpha value is -1.72. The molecule has 1 aromatic heterocycles. The van der Waals surface area contributed by atoms with Gasteiger partial charge in [-0.3, -0.25) is 4.79 Å². The average Bonchev–Trinajstić information content (AvgIpc) is 2.90. The molecule has 0 atom stereocenters. The van der Waals surface area contributed by atoms with E-state index in [1.807, 2.05) is 50.4 Å². The van der Waals surface area contributed by atoms with E-state index in [2.05, 4.69) is 10.3 Å². The molecule has 1 heterocycles. The SMILES string of the molecule is CC(C)(C)OCC(=O)Nc1cccc(-c2nccs2)c1. The van der Waals surface area contributed by atoms with Gasteiger partial charge < -0.3 is 10.1 Å². The fraction of sp³-hybridized carbons (Fsp3) is 0.333. The van der Waals surface area contributed by atoms with Crippen molar-refractivity contribution in [3.05, 3.63) is 35.8 Å². The third-order valence-electron chi connectivity index (χ3n) is 2.46. The predicted octanol–water partition coefficient (Wildman–Crippen LogP) is 3.56. The van der Waals surface area contributed by atoms with Gasteiger partial charge in [-0.25, -0.2) is 4.98 Å². The van der Waals surface area contributed by atoms with E-state index >= 15 is 0 Å². The third-order valence-corrected chi connectivity index (χ3v) is 3.28. The van der Waals surface area contributed by atoms with Crippen LogP contribution in [-0.2, 0) is 9.53 Å². The largest absolute Gasteiger partial charge is 0.366 e. The lowest BCUT2D eigenvalue weighted by atomic mass is 10.2. The van der Waals surface area contributed by atoms with E-state index < -0.39 is 0 Å². The predicted molar refractivity (Wildman–Crippen MR) is 81.9 cm³/mol. The van der Waals surface area contributed by atoms with Gasteiger partial charge in [0.1, 0.15) is 11.6 Å². The smallest absolute Gasteiger partial charge is 0.250 e. The number of benzene rings is 1. The first-order valence-corrected chi connectivity index (χ1v) is 7.26. The zero-order valence-electron chi connectivity index (χ0n) is 11.8. The van der Waals surface area contributed by atoms with Crippen LogP contribution < -0.4 is 5.32 Å². The highest BCUT2D eigenvalue weighted by Gasteiger charge is 2.13. The molecule has 2 aromatic rings. The maximum absolute atomic E-state index is 11.8. The van der Waals surface area contributed by atoms with Crippen molar-refractivity contribution in [2.24, 2.45) is 0 Å². The molecule has 5 heteroatoms. The maximum Gasteiger partial charge on any atom is 0.250 e. The summed E-state index contributed by atoms with van der Waals surface area (Å²) in [6.45, 7) is 5.81. The van der Waals surface area contributed by atoms with Crippen molar-refractivity contribution in [2.75, 3.05) is 11.9 Å². The fourth-order valence-corrected chi connectivity index (χ4v) is 2.21. The van der Waals surface area contributed by atoms with E-state index in [1.54, 1.807) is 17.5 Å². The van der Waals surface area contributed by atoms with Crippen molar-refractivity contribution in [3.63, 3.8) is 0 Å². The van der Waals surface area contributed by atoms with Gasteiger partial charge in [0.15, 0.2) is 0 Å². The van der Waals surface area contributed by atoms with Gasteiger partial charge in [0.05, 0.1) is 5.60 Å². The summed E-state index contributed by atoms with van der Waals surface area (Å²) in [7, 11) is 0. The topological polar surface area (TPSA) is 51.2 Å². The second-order valence-electron chi connectivity index (χ2n) is 5.37. The van der Waals surface area contributed by atoms with Crippen molar-refractivity contribution in [1.82, 2.24) is 4.98 Å². The number of nitrogens with zero attached hydrogens (tertiary/aromatic N) is 1. The quantitative estimate of drug-likeness (QED) is 0.936. The minimum absolute atomic E-state index is 0.0466. The zero-order chi connectivity index (χ0) is 14.6. The van der Waals surface area contributed by atoms with Crippen LogP contribution in [0.5, 0.6) is 0 Å². The van der Waals surface area contributed by atoms with Gasteiger partial charge in [0.25, 0.3) is 0 Å². The van der Waals surface area contributed by atoms with Gasteiger partial charge in [-0.1, -0.05) is 12.1 Å². The highest BCUT2D eigenvalue weighted by Crippen LogP contribution is 2.24. The molecule has 0 aliphatic carbocycles. The Morgan fingerprint density at radius 3 is 2.85 bits per heavy atom. The third kappa shape index (κ3) is 4.43.